The van der Waals surface area contributed by atoms with E-state index in [-0.39, 0.29) is 28.3 Å². The van der Waals surface area contributed by atoms with Crippen molar-refractivity contribution >= 4 is 34.7 Å². The van der Waals surface area contributed by atoms with Crippen LogP contribution in [0.2, 0.25) is 5.02 Å². The van der Waals surface area contributed by atoms with Gasteiger partial charge < -0.3 is 14.9 Å². The fourth-order valence-corrected chi connectivity index (χ4v) is 3.93. The summed E-state index contributed by atoms with van der Waals surface area (Å²) in [4.78, 5) is 31.5. The largest absolute Gasteiger partial charge is 0.507 e. The summed E-state index contributed by atoms with van der Waals surface area (Å²) in [5.41, 5.74) is 1.64. The highest BCUT2D eigenvalue weighted by molar-refractivity contribution is 6.52. The molecule has 4 rings (SSSR count). The summed E-state index contributed by atoms with van der Waals surface area (Å²) in [6.07, 6.45) is 3.05. The summed E-state index contributed by atoms with van der Waals surface area (Å²) in [5.74, 6) is -1.98. The number of halogens is 1. The lowest BCUT2D eigenvalue weighted by Crippen LogP contribution is -2.29. The summed E-state index contributed by atoms with van der Waals surface area (Å²) in [5, 5.41) is 22.0. The van der Waals surface area contributed by atoms with E-state index in [1.807, 2.05) is 0 Å². The van der Waals surface area contributed by atoms with Crippen molar-refractivity contribution < 1.29 is 24.5 Å². The molecule has 1 saturated heterocycles. The number of aliphatic hydroxyl groups excluding tert-OH is 1. The molecule has 3 aromatic rings. The van der Waals surface area contributed by atoms with Gasteiger partial charge in [0.25, 0.3) is 11.7 Å². The van der Waals surface area contributed by atoms with E-state index >= 15 is 0 Å². The molecule has 8 heteroatoms. The Labute approximate surface area is 189 Å². The van der Waals surface area contributed by atoms with Gasteiger partial charge in [-0.25, -0.2) is 0 Å². The second-order valence-corrected chi connectivity index (χ2v) is 7.70. The third-order valence-electron chi connectivity index (χ3n) is 5.28. The molecule has 1 aromatic heterocycles. The molecule has 1 fully saturated rings. The van der Waals surface area contributed by atoms with E-state index in [0.717, 1.165) is 5.56 Å². The number of carbonyl (C=O) groups is 2. The predicted molar refractivity (Wildman–Crippen MR) is 120 cm³/mol. The van der Waals surface area contributed by atoms with Crippen molar-refractivity contribution in [1.82, 2.24) is 4.98 Å². The maximum absolute atomic E-state index is 13.1. The lowest BCUT2D eigenvalue weighted by atomic mass is 9.95. The van der Waals surface area contributed by atoms with Gasteiger partial charge in [0.1, 0.15) is 17.3 Å². The Morgan fingerprint density at radius 1 is 1.09 bits per heavy atom. The Bertz CT molecular complexity index is 1260. The van der Waals surface area contributed by atoms with E-state index in [1.54, 1.807) is 31.2 Å². The van der Waals surface area contributed by atoms with Crippen LogP contribution in [0.25, 0.3) is 5.76 Å². The molecule has 0 bridgehead atoms. The maximum Gasteiger partial charge on any atom is 0.300 e. The van der Waals surface area contributed by atoms with E-state index in [9.17, 15) is 19.8 Å². The Hall–Kier alpha value is -3.84. The number of aromatic hydroxyl groups is 1. The molecule has 1 aliphatic rings. The van der Waals surface area contributed by atoms with Gasteiger partial charge in [0.15, 0.2) is 0 Å². The highest BCUT2D eigenvalue weighted by atomic mass is 35.5. The van der Waals surface area contributed by atoms with Gasteiger partial charge in [-0.05, 0) is 60.5 Å². The van der Waals surface area contributed by atoms with Crippen molar-refractivity contribution in [3.05, 3.63) is 88.2 Å². The number of ether oxygens (including phenoxy) is 1. The number of hydrogen-bond acceptors (Lipinski definition) is 6. The SMILES string of the molecule is COc1cc(/C(O)=C2/C(=O)C(=O)N(c3cc(C)ccc3O)C2c2ccncc2)ccc1Cl. The second kappa shape index (κ2) is 8.36. The maximum atomic E-state index is 13.1. The average molecular weight is 451 g/mol. The van der Waals surface area contributed by atoms with Gasteiger partial charge in [-0.3, -0.25) is 19.5 Å². The minimum Gasteiger partial charge on any atom is -0.507 e. The number of ketones is 1. The Balaban J connectivity index is 1.97. The number of nitrogens with zero attached hydrogens (tertiary/aromatic N) is 2. The minimum absolute atomic E-state index is 0.119. The van der Waals surface area contributed by atoms with Crippen molar-refractivity contribution in [1.29, 1.82) is 0 Å². The number of benzene rings is 2. The first-order chi connectivity index (χ1) is 15.3. The molecule has 0 saturated carbocycles. The number of aliphatic hydroxyl groups is 1. The molecule has 7 nitrogen and oxygen atoms in total. The number of methoxy groups -OCH3 is 1. The number of aromatic nitrogens is 1. The Morgan fingerprint density at radius 2 is 1.81 bits per heavy atom. The number of pyridine rings is 1. The van der Waals surface area contributed by atoms with Crippen LogP contribution in [0.5, 0.6) is 11.5 Å². The monoisotopic (exact) mass is 450 g/mol. The predicted octanol–water partition coefficient (Wildman–Crippen LogP) is 4.38. The zero-order valence-corrected chi connectivity index (χ0v) is 18.0. The van der Waals surface area contributed by atoms with Crippen molar-refractivity contribution in [3.8, 4) is 11.5 Å². The molecule has 1 amide bonds. The molecule has 1 aliphatic heterocycles. The molecule has 0 aliphatic carbocycles. The second-order valence-electron chi connectivity index (χ2n) is 7.29. The third kappa shape index (κ3) is 3.56. The molecule has 0 spiro atoms. The minimum atomic E-state index is -0.979. The molecule has 0 radical (unpaired) electrons. The van der Waals surface area contributed by atoms with Crippen LogP contribution in [0.4, 0.5) is 5.69 Å². The quantitative estimate of drug-likeness (QED) is 0.347. The molecule has 2 N–H and O–H groups in total. The van der Waals surface area contributed by atoms with Gasteiger partial charge in [-0.2, -0.15) is 0 Å². The zero-order valence-electron chi connectivity index (χ0n) is 17.2. The molecule has 2 heterocycles. The number of phenolic OH excluding ortho intramolecular Hbond substituents is 1. The lowest BCUT2D eigenvalue weighted by molar-refractivity contribution is -0.132. The first-order valence-electron chi connectivity index (χ1n) is 9.68. The van der Waals surface area contributed by atoms with Gasteiger partial charge in [0.2, 0.25) is 0 Å². The molecule has 1 atom stereocenters. The van der Waals surface area contributed by atoms with Crippen LogP contribution in [-0.2, 0) is 9.59 Å². The molecule has 2 aromatic carbocycles. The number of hydrogen-bond donors (Lipinski definition) is 2. The van der Waals surface area contributed by atoms with Crippen molar-refractivity contribution in [2.24, 2.45) is 0 Å². The summed E-state index contributed by atoms with van der Waals surface area (Å²) in [6.45, 7) is 1.81. The molecular formula is C24H19ClN2O5. The summed E-state index contributed by atoms with van der Waals surface area (Å²) >= 11 is 6.09. The number of amides is 1. The summed E-state index contributed by atoms with van der Waals surface area (Å²) < 4.78 is 5.21. The fourth-order valence-electron chi connectivity index (χ4n) is 3.73. The van der Waals surface area contributed by atoms with E-state index in [1.165, 1.54) is 48.7 Å². The number of anilines is 1. The third-order valence-corrected chi connectivity index (χ3v) is 5.59. The summed E-state index contributed by atoms with van der Waals surface area (Å²) in [7, 11) is 1.43. The van der Waals surface area contributed by atoms with Crippen molar-refractivity contribution in [3.63, 3.8) is 0 Å². The van der Waals surface area contributed by atoms with Crippen molar-refractivity contribution in [2.45, 2.75) is 13.0 Å². The lowest BCUT2D eigenvalue weighted by Gasteiger charge is -2.26. The highest BCUT2D eigenvalue weighted by Crippen LogP contribution is 2.45. The van der Waals surface area contributed by atoms with Crippen LogP contribution in [-0.4, -0.2) is 34.0 Å². The van der Waals surface area contributed by atoms with Crippen LogP contribution in [0.1, 0.15) is 22.7 Å². The Kier molecular flexibility index (Phi) is 5.59. The van der Waals surface area contributed by atoms with E-state index < -0.39 is 17.7 Å². The van der Waals surface area contributed by atoms with Gasteiger partial charge in [-0.1, -0.05) is 17.7 Å². The fraction of sp³-hybridized carbons (Fsp3) is 0.125. The van der Waals surface area contributed by atoms with Gasteiger partial charge in [-0.15, -0.1) is 0 Å². The van der Waals surface area contributed by atoms with Crippen LogP contribution in [0, 0.1) is 6.92 Å². The molecule has 32 heavy (non-hydrogen) atoms. The molecular weight excluding hydrogens is 432 g/mol. The Morgan fingerprint density at radius 3 is 2.50 bits per heavy atom. The van der Waals surface area contributed by atoms with E-state index in [4.69, 9.17) is 16.3 Å². The zero-order chi connectivity index (χ0) is 23.0. The molecule has 1 unspecified atom stereocenters. The number of phenols is 1. The average Bonchev–Trinajstić information content (AvgIpc) is 3.06. The van der Waals surface area contributed by atoms with Crippen LogP contribution in [0.15, 0.2) is 66.5 Å². The van der Waals surface area contributed by atoms with Gasteiger partial charge >= 0.3 is 0 Å². The topological polar surface area (TPSA) is 100.0 Å². The first-order valence-corrected chi connectivity index (χ1v) is 10.1. The number of rotatable bonds is 4. The number of aryl methyl sites for hydroxylation is 1. The normalized spacial score (nSPS) is 17.6. The summed E-state index contributed by atoms with van der Waals surface area (Å²) in [6, 6.07) is 11.6. The molecule has 162 valence electrons. The first kappa shape index (κ1) is 21.4. The van der Waals surface area contributed by atoms with Gasteiger partial charge in [0.05, 0.1) is 29.4 Å². The standard InChI is InChI=1S/C24H19ClN2O5/c1-13-3-6-18(28)17(11-13)27-21(14-7-9-26-10-8-14)20(23(30)24(27)31)22(29)15-4-5-16(25)19(12-15)32-2/h3-12,21,28-29H,1-2H3/b22-20-. The smallest absolute Gasteiger partial charge is 0.300 e. The van der Waals surface area contributed by atoms with Gasteiger partial charge in [0, 0.05) is 18.0 Å². The van der Waals surface area contributed by atoms with E-state index in [0.29, 0.717) is 16.3 Å². The van der Waals surface area contributed by atoms with E-state index in [2.05, 4.69) is 4.98 Å². The highest BCUT2D eigenvalue weighted by Gasteiger charge is 2.47. The van der Waals surface area contributed by atoms with Crippen molar-refractivity contribution in [2.75, 3.05) is 12.0 Å². The van der Waals surface area contributed by atoms with Crippen LogP contribution >= 0.6 is 11.6 Å². The van der Waals surface area contributed by atoms with Crippen LogP contribution in [0.3, 0.4) is 0 Å². The number of carbonyl (C=O) groups excluding carboxylic acids is 2. The van der Waals surface area contributed by atoms with Crippen LogP contribution < -0.4 is 9.64 Å². The number of Topliss-reactive ketones (excluding diaryl/α,β-unsaturated/α-hetero) is 1.